The maximum absolute atomic E-state index is 5.77. The minimum atomic E-state index is 0.492. The SMILES string of the molecule is CC1CCC(=C2CC(N)C2)CC1. The first kappa shape index (κ1) is 8.31. The van der Waals surface area contributed by atoms with Gasteiger partial charge in [-0.25, -0.2) is 0 Å². The average molecular weight is 165 g/mol. The molecule has 0 aromatic heterocycles. The minimum absolute atomic E-state index is 0.492. The van der Waals surface area contributed by atoms with E-state index < -0.39 is 0 Å². The molecule has 12 heavy (non-hydrogen) atoms. The van der Waals surface area contributed by atoms with E-state index in [0.717, 1.165) is 5.92 Å². The fourth-order valence-electron chi connectivity index (χ4n) is 2.33. The summed E-state index contributed by atoms with van der Waals surface area (Å²) in [5, 5.41) is 0. The maximum Gasteiger partial charge on any atom is 0.0114 e. The lowest BCUT2D eigenvalue weighted by molar-refractivity contribution is 0.426. The largest absolute Gasteiger partial charge is 0.327 e. The van der Waals surface area contributed by atoms with Gasteiger partial charge >= 0.3 is 0 Å². The Bertz CT molecular complexity index is 187. The summed E-state index contributed by atoms with van der Waals surface area (Å²) in [6.07, 6.45) is 7.95. The first-order chi connectivity index (χ1) is 5.75. The van der Waals surface area contributed by atoms with Crippen molar-refractivity contribution in [2.45, 2.75) is 51.5 Å². The molecule has 0 amide bonds. The first-order valence-corrected chi connectivity index (χ1v) is 5.21. The Balaban J connectivity index is 1.93. The molecule has 0 atom stereocenters. The Labute approximate surface area is 75.0 Å². The number of hydrogen-bond donors (Lipinski definition) is 1. The molecule has 0 aromatic rings. The lowest BCUT2D eigenvalue weighted by atomic mass is 9.77. The van der Waals surface area contributed by atoms with Gasteiger partial charge in [0, 0.05) is 6.04 Å². The molecule has 2 aliphatic carbocycles. The summed E-state index contributed by atoms with van der Waals surface area (Å²) < 4.78 is 0. The number of allylic oxidation sites excluding steroid dienone is 1. The van der Waals surface area contributed by atoms with Gasteiger partial charge in [0.2, 0.25) is 0 Å². The summed E-state index contributed by atoms with van der Waals surface area (Å²) in [7, 11) is 0. The molecule has 0 radical (unpaired) electrons. The van der Waals surface area contributed by atoms with Gasteiger partial charge in [-0.2, -0.15) is 0 Å². The zero-order chi connectivity index (χ0) is 8.55. The second-order valence-electron chi connectivity index (χ2n) is 4.56. The van der Waals surface area contributed by atoms with Gasteiger partial charge in [0.05, 0.1) is 0 Å². The van der Waals surface area contributed by atoms with E-state index in [9.17, 15) is 0 Å². The van der Waals surface area contributed by atoms with Gasteiger partial charge < -0.3 is 5.73 Å². The smallest absolute Gasteiger partial charge is 0.0114 e. The van der Waals surface area contributed by atoms with Crippen LogP contribution in [0.1, 0.15) is 45.4 Å². The second-order valence-corrected chi connectivity index (χ2v) is 4.56. The van der Waals surface area contributed by atoms with Crippen molar-refractivity contribution in [3.8, 4) is 0 Å². The van der Waals surface area contributed by atoms with Gasteiger partial charge in [-0.3, -0.25) is 0 Å². The molecule has 0 unspecified atom stereocenters. The van der Waals surface area contributed by atoms with Crippen LogP contribution in [0.25, 0.3) is 0 Å². The van der Waals surface area contributed by atoms with Gasteiger partial charge in [-0.15, -0.1) is 0 Å². The highest BCUT2D eigenvalue weighted by molar-refractivity contribution is 5.24. The van der Waals surface area contributed by atoms with Crippen molar-refractivity contribution in [1.29, 1.82) is 0 Å². The fraction of sp³-hybridized carbons (Fsp3) is 0.818. The van der Waals surface area contributed by atoms with Crippen LogP contribution in [-0.4, -0.2) is 6.04 Å². The van der Waals surface area contributed by atoms with Crippen LogP contribution in [0.4, 0.5) is 0 Å². The Hall–Kier alpha value is -0.300. The van der Waals surface area contributed by atoms with Gasteiger partial charge in [-0.05, 0) is 44.4 Å². The van der Waals surface area contributed by atoms with Crippen LogP contribution in [0.3, 0.4) is 0 Å². The molecular weight excluding hydrogens is 146 g/mol. The summed E-state index contributed by atoms with van der Waals surface area (Å²) in [5.41, 5.74) is 9.23. The molecule has 68 valence electrons. The highest BCUT2D eigenvalue weighted by Gasteiger charge is 2.24. The lowest BCUT2D eigenvalue weighted by Gasteiger charge is -2.31. The van der Waals surface area contributed by atoms with Crippen LogP contribution in [0.2, 0.25) is 0 Å². The predicted molar refractivity (Wildman–Crippen MR) is 51.9 cm³/mol. The standard InChI is InChI=1S/C11H19N/c1-8-2-4-9(5-3-8)10-6-11(12)7-10/h8,11H,2-7,12H2,1H3. The van der Waals surface area contributed by atoms with Crippen LogP contribution in [0, 0.1) is 5.92 Å². The van der Waals surface area contributed by atoms with Crippen LogP contribution < -0.4 is 5.73 Å². The highest BCUT2D eigenvalue weighted by Crippen LogP contribution is 2.36. The molecule has 1 nitrogen and oxygen atoms in total. The van der Waals surface area contributed by atoms with Crippen molar-refractivity contribution in [3.63, 3.8) is 0 Å². The molecule has 2 aliphatic rings. The molecule has 2 rings (SSSR count). The van der Waals surface area contributed by atoms with E-state index >= 15 is 0 Å². The van der Waals surface area contributed by atoms with Crippen molar-refractivity contribution < 1.29 is 0 Å². The number of nitrogens with two attached hydrogens (primary N) is 1. The van der Waals surface area contributed by atoms with Crippen LogP contribution in [0.15, 0.2) is 11.1 Å². The van der Waals surface area contributed by atoms with Crippen molar-refractivity contribution in [3.05, 3.63) is 11.1 Å². The van der Waals surface area contributed by atoms with Gasteiger partial charge in [0.15, 0.2) is 0 Å². The summed E-state index contributed by atoms with van der Waals surface area (Å²) in [6, 6.07) is 0.492. The van der Waals surface area contributed by atoms with E-state index in [1.54, 1.807) is 11.1 Å². The molecular formula is C11H19N. The molecule has 2 N–H and O–H groups in total. The van der Waals surface area contributed by atoms with Crippen LogP contribution in [0.5, 0.6) is 0 Å². The number of hydrogen-bond acceptors (Lipinski definition) is 1. The third-order valence-corrected chi connectivity index (χ3v) is 3.40. The normalized spacial score (nSPS) is 36.5. The lowest BCUT2D eigenvalue weighted by Crippen LogP contribution is -2.31. The summed E-state index contributed by atoms with van der Waals surface area (Å²) in [5.74, 6) is 0.961. The van der Waals surface area contributed by atoms with E-state index in [-0.39, 0.29) is 0 Å². The maximum atomic E-state index is 5.77. The van der Waals surface area contributed by atoms with Crippen molar-refractivity contribution in [1.82, 2.24) is 0 Å². The summed E-state index contributed by atoms with van der Waals surface area (Å²) in [4.78, 5) is 0. The Morgan fingerprint density at radius 1 is 1.08 bits per heavy atom. The van der Waals surface area contributed by atoms with Gasteiger partial charge in [0.1, 0.15) is 0 Å². The third-order valence-electron chi connectivity index (χ3n) is 3.40. The van der Waals surface area contributed by atoms with Crippen molar-refractivity contribution in [2.24, 2.45) is 11.7 Å². The summed E-state index contributed by atoms with van der Waals surface area (Å²) >= 11 is 0. The summed E-state index contributed by atoms with van der Waals surface area (Å²) in [6.45, 7) is 2.37. The molecule has 0 aliphatic heterocycles. The van der Waals surface area contributed by atoms with Crippen molar-refractivity contribution >= 4 is 0 Å². The Kier molecular flexibility index (Phi) is 2.22. The zero-order valence-corrected chi connectivity index (χ0v) is 7.97. The number of rotatable bonds is 0. The quantitative estimate of drug-likeness (QED) is 0.549. The van der Waals surface area contributed by atoms with Crippen molar-refractivity contribution in [2.75, 3.05) is 0 Å². The zero-order valence-electron chi connectivity index (χ0n) is 7.97. The Morgan fingerprint density at radius 2 is 1.67 bits per heavy atom. The van der Waals surface area contributed by atoms with E-state index in [1.807, 2.05) is 0 Å². The molecule has 0 bridgehead atoms. The van der Waals surface area contributed by atoms with E-state index in [0.29, 0.717) is 6.04 Å². The molecule has 1 heteroatoms. The molecule has 0 heterocycles. The van der Waals surface area contributed by atoms with E-state index in [4.69, 9.17) is 5.73 Å². The van der Waals surface area contributed by atoms with E-state index in [1.165, 1.54) is 38.5 Å². The molecule has 0 spiro atoms. The van der Waals surface area contributed by atoms with Gasteiger partial charge in [0.25, 0.3) is 0 Å². The van der Waals surface area contributed by atoms with Crippen LogP contribution in [-0.2, 0) is 0 Å². The minimum Gasteiger partial charge on any atom is -0.327 e. The molecule has 2 fully saturated rings. The monoisotopic (exact) mass is 165 g/mol. The first-order valence-electron chi connectivity index (χ1n) is 5.21. The average Bonchev–Trinajstić information content (AvgIpc) is 2.01. The molecule has 2 saturated carbocycles. The predicted octanol–water partition coefficient (Wildman–Crippen LogP) is 2.61. The third kappa shape index (κ3) is 1.56. The van der Waals surface area contributed by atoms with Crippen LogP contribution >= 0.6 is 0 Å². The highest BCUT2D eigenvalue weighted by atomic mass is 14.7. The molecule has 0 aromatic carbocycles. The molecule has 0 saturated heterocycles. The van der Waals surface area contributed by atoms with E-state index in [2.05, 4.69) is 6.92 Å². The topological polar surface area (TPSA) is 26.0 Å². The fourth-order valence-corrected chi connectivity index (χ4v) is 2.33. The second kappa shape index (κ2) is 3.21. The Morgan fingerprint density at radius 3 is 2.17 bits per heavy atom. The van der Waals surface area contributed by atoms with Gasteiger partial charge in [-0.1, -0.05) is 18.1 Å².